The zero-order valence-electron chi connectivity index (χ0n) is 11.8. The van der Waals surface area contributed by atoms with Crippen molar-refractivity contribution in [3.63, 3.8) is 0 Å². The summed E-state index contributed by atoms with van der Waals surface area (Å²) < 4.78 is 5.64. The molecule has 1 aromatic rings. The molecule has 1 fully saturated rings. The molecule has 20 heavy (non-hydrogen) atoms. The fourth-order valence-corrected chi connectivity index (χ4v) is 2.71. The van der Waals surface area contributed by atoms with Gasteiger partial charge in [0.15, 0.2) is 0 Å². The highest BCUT2D eigenvalue weighted by atomic mass is 16.5. The summed E-state index contributed by atoms with van der Waals surface area (Å²) in [6.45, 7) is 1.64. The highest BCUT2D eigenvalue weighted by Crippen LogP contribution is 2.25. The maximum Gasteiger partial charge on any atom is 0.341 e. The van der Waals surface area contributed by atoms with Crippen molar-refractivity contribution in [2.75, 3.05) is 25.9 Å². The molecule has 1 aliphatic heterocycles. The number of benzene rings is 1. The van der Waals surface area contributed by atoms with E-state index in [1.807, 2.05) is 0 Å². The summed E-state index contributed by atoms with van der Waals surface area (Å²) in [4.78, 5) is 13.5. The quantitative estimate of drug-likeness (QED) is 0.808. The van der Waals surface area contributed by atoms with Crippen molar-refractivity contribution in [3.05, 3.63) is 23.8 Å². The van der Waals surface area contributed by atoms with Crippen molar-refractivity contribution in [2.24, 2.45) is 0 Å². The summed E-state index contributed by atoms with van der Waals surface area (Å²) in [5.41, 5.74) is 5.99. The fourth-order valence-electron chi connectivity index (χ4n) is 2.71. The Kier molecular flexibility index (Phi) is 4.84. The first kappa shape index (κ1) is 14.7. The largest absolute Gasteiger partial charge is 0.493 e. The number of nitrogens with zero attached hydrogens (tertiary/aromatic N) is 1. The third kappa shape index (κ3) is 3.42. The number of likely N-dealkylation sites (tertiary alicyclic amines) is 1. The molecule has 110 valence electrons. The monoisotopic (exact) mass is 278 g/mol. The van der Waals surface area contributed by atoms with Gasteiger partial charge in [-0.2, -0.15) is 0 Å². The number of aromatic carboxylic acids is 1. The first-order valence-corrected chi connectivity index (χ1v) is 7.04. The van der Waals surface area contributed by atoms with Crippen LogP contribution < -0.4 is 10.5 Å². The Hall–Kier alpha value is -1.75. The number of nitrogens with two attached hydrogens (primary N) is 1. The molecule has 1 aliphatic rings. The Morgan fingerprint density at radius 3 is 3.00 bits per heavy atom. The molecular formula is C15H22N2O3. The Labute approximate surface area is 119 Å². The van der Waals surface area contributed by atoms with Gasteiger partial charge in [-0.15, -0.1) is 0 Å². The molecule has 1 heterocycles. The molecule has 1 saturated heterocycles. The molecule has 1 unspecified atom stereocenters. The second kappa shape index (κ2) is 6.61. The zero-order valence-corrected chi connectivity index (χ0v) is 11.8. The Bertz CT molecular complexity index is 476. The van der Waals surface area contributed by atoms with Crippen LogP contribution in [0.2, 0.25) is 0 Å². The lowest BCUT2D eigenvalue weighted by Gasteiger charge is -2.32. The average molecular weight is 278 g/mol. The molecule has 0 bridgehead atoms. The van der Waals surface area contributed by atoms with E-state index in [1.54, 1.807) is 18.2 Å². The highest BCUT2D eigenvalue weighted by molar-refractivity contribution is 5.96. The van der Waals surface area contributed by atoms with Crippen LogP contribution in [0.4, 0.5) is 5.69 Å². The van der Waals surface area contributed by atoms with Crippen LogP contribution in [-0.4, -0.2) is 42.2 Å². The summed E-state index contributed by atoms with van der Waals surface area (Å²) in [7, 11) is 2.13. The molecule has 0 radical (unpaired) electrons. The van der Waals surface area contributed by atoms with E-state index in [9.17, 15) is 4.79 Å². The number of piperidine rings is 1. The van der Waals surface area contributed by atoms with E-state index in [1.165, 1.54) is 19.3 Å². The van der Waals surface area contributed by atoms with Gasteiger partial charge in [0, 0.05) is 11.7 Å². The van der Waals surface area contributed by atoms with E-state index in [4.69, 9.17) is 15.6 Å². The maximum atomic E-state index is 11.2. The zero-order chi connectivity index (χ0) is 14.5. The third-order valence-corrected chi connectivity index (χ3v) is 3.90. The lowest BCUT2D eigenvalue weighted by Crippen LogP contribution is -2.37. The van der Waals surface area contributed by atoms with Crippen molar-refractivity contribution in [1.29, 1.82) is 0 Å². The topological polar surface area (TPSA) is 75.8 Å². The molecule has 3 N–H and O–H groups in total. The van der Waals surface area contributed by atoms with E-state index >= 15 is 0 Å². The Balaban J connectivity index is 1.94. The standard InChI is InChI=1S/C15H22N2O3/c1-17-9-3-2-5-11(17)8-10-20-13-7-4-6-12(16)14(13)15(18)19/h4,6-7,11H,2-3,5,8-10,16H2,1H3,(H,18,19). The van der Waals surface area contributed by atoms with E-state index < -0.39 is 5.97 Å². The van der Waals surface area contributed by atoms with Crippen molar-refractivity contribution >= 4 is 11.7 Å². The van der Waals surface area contributed by atoms with Gasteiger partial charge in [-0.05, 0) is 45.0 Å². The molecule has 1 atom stereocenters. The van der Waals surface area contributed by atoms with Crippen molar-refractivity contribution < 1.29 is 14.6 Å². The first-order valence-electron chi connectivity index (χ1n) is 7.04. The van der Waals surface area contributed by atoms with E-state index in [0.29, 0.717) is 18.4 Å². The second-order valence-corrected chi connectivity index (χ2v) is 5.29. The minimum Gasteiger partial charge on any atom is -0.493 e. The number of carbonyl (C=O) groups is 1. The smallest absolute Gasteiger partial charge is 0.341 e. The van der Waals surface area contributed by atoms with Crippen LogP contribution in [0.15, 0.2) is 18.2 Å². The Morgan fingerprint density at radius 2 is 2.30 bits per heavy atom. The second-order valence-electron chi connectivity index (χ2n) is 5.29. The summed E-state index contributed by atoms with van der Waals surface area (Å²) in [6, 6.07) is 5.47. The van der Waals surface area contributed by atoms with Crippen LogP contribution in [0, 0.1) is 0 Å². The van der Waals surface area contributed by atoms with Gasteiger partial charge in [0.05, 0.1) is 6.61 Å². The van der Waals surface area contributed by atoms with Gasteiger partial charge in [0.1, 0.15) is 11.3 Å². The SMILES string of the molecule is CN1CCCCC1CCOc1cccc(N)c1C(=O)O. The number of hydrogen-bond acceptors (Lipinski definition) is 4. The van der Waals surface area contributed by atoms with Crippen LogP contribution in [0.5, 0.6) is 5.75 Å². The van der Waals surface area contributed by atoms with Gasteiger partial charge in [0.2, 0.25) is 0 Å². The molecule has 0 amide bonds. The van der Waals surface area contributed by atoms with Gasteiger partial charge < -0.3 is 20.5 Å². The lowest BCUT2D eigenvalue weighted by atomic mass is 10.0. The number of carboxylic acids is 1. The van der Waals surface area contributed by atoms with Crippen LogP contribution >= 0.6 is 0 Å². The number of hydrogen-bond donors (Lipinski definition) is 2. The minimum atomic E-state index is -1.05. The van der Waals surface area contributed by atoms with Gasteiger partial charge in [-0.1, -0.05) is 12.5 Å². The molecule has 0 saturated carbocycles. The van der Waals surface area contributed by atoms with Gasteiger partial charge >= 0.3 is 5.97 Å². The number of nitrogen functional groups attached to an aromatic ring is 1. The van der Waals surface area contributed by atoms with Crippen LogP contribution in [0.25, 0.3) is 0 Å². The molecule has 0 spiro atoms. The normalized spacial score (nSPS) is 19.8. The van der Waals surface area contributed by atoms with Crippen molar-refractivity contribution in [1.82, 2.24) is 4.90 Å². The molecule has 5 nitrogen and oxygen atoms in total. The van der Waals surface area contributed by atoms with Gasteiger partial charge in [-0.25, -0.2) is 4.79 Å². The number of anilines is 1. The average Bonchev–Trinajstić information content (AvgIpc) is 2.40. The molecular weight excluding hydrogens is 256 g/mol. The summed E-state index contributed by atoms with van der Waals surface area (Å²) in [5, 5.41) is 9.17. The summed E-state index contributed by atoms with van der Waals surface area (Å²) >= 11 is 0. The number of carboxylic acid groups (broad SMARTS) is 1. The van der Waals surface area contributed by atoms with Crippen molar-refractivity contribution in [2.45, 2.75) is 31.7 Å². The highest BCUT2D eigenvalue weighted by Gasteiger charge is 2.19. The summed E-state index contributed by atoms with van der Waals surface area (Å²) in [6.07, 6.45) is 4.60. The number of rotatable bonds is 5. The van der Waals surface area contributed by atoms with E-state index in [0.717, 1.165) is 13.0 Å². The van der Waals surface area contributed by atoms with Crippen LogP contribution in [0.3, 0.4) is 0 Å². The predicted octanol–water partition coefficient (Wildman–Crippen LogP) is 2.22. The Morgan fingerprint density at radius 1 is 1.50 bits per heavy atom. The molecule has 5 heteroatoms. The van der Waals surface area contributed by atoms with Crippen LogP contribution in [0.1, 0.15) is 36.0 Å². The molecule has 1 aromatic carbocycles. The minimum absolute atomic E-state index is 0.0597. The van der Waals surface area contributed by atoms with Gasteiger partial charge in [-0.3, -0.25) is 0 Å². The van der Waals surface area contributed by atoms with E-state index in [2.05, 4.69) is 11.9 Å². The number of ether oxygens (including phenoxy) is 1. The third-order valence-electron chi connectivity index (χ3n) is 3.90. The maximum absolute atomic E-state index is 11.2. The molecule has 0 aromatic heterocycles. The van der Waals surface area contributed by atoms with Crippen molar-refractivity contribution in [3.8, 4) is 5.75 Å². The lowest BCUT2D eigenvalue weighted by molar-refractivity contribution is 0.0692. The van der Waals surface area contributed by atoms with Crippen LogP contribution in [-0.2, 0) is 0 Å². The molecule has 0 aliphatic carbocycles. The van der Waals surface area contributed by atoms with Gasteiger partial charge in [0.25, 0.3) is 0 Å². The fraction of sp³-hybridized carbons (Fsp3) is 0.533. The molecule has 2 rings (SSSR count). The summed E-state index contributed by atoms with van der Waals surface area (Å²) in [5.74, 6) is -0.691. The predicted molar refractivity (Wildman–Crippen MR) is 78.2 cm³/mol. The first-order chi connectivity index (χ1) is 9.59. The van der Waals surface area contributed by atoms with E-state index in [-0.39, 0.29) is 11.3 Å².